The van der Waals surface area contributed by atoms with Crippen LogP contribution in [0.25, 0.3) is 6.08 Å². The molecule has 0 bridgehead atoms. The van der Waals surface area contributed by atoms with E-state index in [9.17, 15) is 8.63 Å². The third-order valence-electron chi connectivity index (χ3n) is 5.85. The van der Waals surface area contributed by atoms with Gasteiger partial charge in [-0.15, -0.1) is 0 Å². The molecule has 1 aromatic rings. The van der Waals surface area contributed by atoms with Crippen LogP contribution in [0.4, 0.5) is 8.63 Å². The SMILES string of the molecule is Cc1cc(C)c(/C=C2/C=CC(CCCCCCCCC/C=C/CC(N)CO)=[N+]2B(F)F)[nH]1. The standard InChI is InChI=1S/C25H38BF2N3O/c1-20-17-21(2)30-25(20)18-24-16-15-23(31(24)26(27)28)14-12-10-8-6-4-3-5-7-9-11-13-22(29)19-32/h9,11,15-18,22,32H,3-8,10,12-14,19,29H2,1-2H3/p+1/b11-9+. The first-order valence-corrected chi connectivity index (χ1v) is 11.9. The third kappa shape index (κ3) is 8.87. The maximum absolute atomic E-state index is 13.7. The molecule has 1 aliphatic rings. The van der Waals surface area contributed by atoms with Crippen LogP contribution in [-0.4, -0.2) is 40.3 Å². The molecule has 0 aromatic carbocycles. The van der Waals surface area contributed by atoms with Gasteiger partial charge >= 0.3 is 7.40 Å². The van der Waals surface area contributed by atoms with Gasteiger partial charge in [-0.25, -0.2) is 13.1 Å². The molecule has 1 unspecified atom stereocenters. The second-order valence-corrected chi connectivity index (χ2v) is 8.75. The van der Waals surface area contributed by atoms with E-state index in [0.29, 0.717) is 17.8 Å². The van der Waals surface area contributed by atoms with Crippen molar-refractivity contribution >= 4 is 19.2 Å². The predicted octanol–water partition coefficient (Wildman–Crippen LogP) is 5.70. The molecule has 0 saturated heterocycles. The minimum atomic E-state index is -2.53. The number of allylic oxidation sites excluding steroid dienone is 3. The molecule has 1 atom stereocenters. The number of hydrogen-bond donors (Lipinski definition) is 3. The first kappa shape index (κ1) is 26.3. The zero-order valence-electron chi connectivity index (χ0n) is 19.6. The summed E-state index contributed by atoms with van der Waals surface area (Å²) >= 11 is 0. The third-order valence-corrected chi connectivity index (χ3v) is 5.85. The lowest BCUT2D eigenvalue weighted by atomic mass is 10.0. The Balaban J connectivity index is 1.66. The maximum Gasteiger partial charge on any atom is 0.934 e. The van der Waals surface area contributed by atoms with Crippen LogP contribution in [0.5, 0.6) is 0 Å². The second-order valence-electron chi connectivity index (χ2n) is 8.75. The van der Waals surface area contributed by atoms with E-state index in [4.69, 9.17) is 10.8 Å². The van der Waals surface area contributed by atoms with Gasteiger partial charge in [-0.3, -0.25) is 0 Å². The summed E-state index contributed by atoms with van der Waals surface area (Å²) in [6, 6.07) is 1.88. The highest BCUT2D eigenvalue weighted by molar-refractivity contribution is 6.35. The van der Waals surface area contributed by atoms with E-state index in [2.05, 4.69) is 17.1 Å². The lowest BCUT2D eigenvalue weighted by Gasteiger charge is -2.03. The van der Waals surface area contributed by atoms with Gasteiger partial charge in [0.05, 0.1) is 6.61 Å². The molecule has 0 radical (unpaired) electrons. The molecule has 1 aromatic heterocycles. The first-order chi connectivity index (χ1) is 15.4. The number of unbranched alkanes of at least 4 members (excludes halogenated alkanes) is 7. The molecule has 4 N–H and O–H groups in total. The Labute approximate surface area is 192 Å². The van der Waals surface area contributed by atoms with Crippen molar-refractivity contribution < 1.29 is 18.2 Å². The van der Waals surface area contributed by atoms with Gasteiger partial charge in [-0.2, -0.15) is 0 Å². The number of aromatic amines is 1. The summed E-state index contributed by atoms with van der Waals surface area (Å²) in [5, 5.41) is 8.87. The van der Waals surface area contributed by atoms with Crippen LogP contribution in [0, 0.1) is 13.8 Å². The molecule has 4 nitrogen and oxygen atoms in total. The smallest absolute Gasteiger partial charge is 0.395 e. The van der Waals surface area contributed by atoms with Crippen molar-refractivity contribution in [3.05, 3.63) is 53.0 Å². The number of halogens is 2. The van der Waals surface area contributed by atoms with Gasteiger partial charge in [0.2, 0.25) is 0 Å². The molecular formula is C25H39BF2N3O+. The number of aryl methyl sites for hydroxylation is 2. The topological polar surface area (TPSA) is 65.0 Å². The maximum atomic E-state index is 13.7. The fraction of sp³-hybridized carbons (Fsp3) is 0.560. The van der Waals surface area contributed by atoms with Gasteiger partial charge in [-0.1, -0.05) is 44.3 Å². The largest absolute Gasteiger partial charge is 0.934 e. The molecule has 7 heteroatoms. The van der Waals surface area contributed by atoms with E-state index < -0.39 is 7.40 Å². The Morgan fingerprint density at radius 1 is 1.06 bits per heavy atom. The molecule has 0 amide bonds. The Hall–Kier alpha value is -1.99. The van der Waals surface area contributed by atoms with Crippen molar-refractivity contribution in [2.75, 3.05) is 6.61 Å². The van der Waals surface area contributed by atoms with Gasteiger partial charge in [0.25, 0.3) is 0 Å². The van der Waals surface area contributed by atoms with E-state index in [-0.39, 0.29) is 12.6 Å². The van der Waals surface area contributed by atoms with Crippen molar-refractivity contribution in [1.29, 1.82) is 0 Å². The van der Waals surface area contributed by atoms with Crippen LogP contribution in [0.15, 0.2) is 36.1 Å². The quantitative estimate of drug-likeness (QED) is 0.184. The number of nitrogens with zero attached hydrogens (tertiary/aromatic N) is 1. The molecular weight excluding hydrogens is 407 g/mol. The number of rotatable bonds is 15. The van der Waals surface area contributed by atoms with Crippen LogP contribution >= 0.6 is 0 Å². The summed E-state index contributed by atoms with van der Waals surface area (Å²) in [4.78, 5) is 3.23. The van der Waals surface area contributed by atoms with Gasteiger partial charge in [0.1, 0.15) is 0 Å². The van der Waals surface area contributed by atoms with E-state index in [1.54, 1.807) is 6.08 Å². The summed E-state index contributed by atoms with van der Waals surface area (Å²) in [6.07, 6.45) is 20.1. The second kappa shape index (κ2) is 14.2. The van der Waals surface area contributed by atoms with Crippen LogP contribution in [0.2, 0.25) is 0 Å². The average Bonchev–Trinajstić information content (AvgIpc) is 3.30. The number of nitrogens with two attached hydrogens (primary N) is 1. The molecule has 2 rings (SSSR count). The molecule has 32 heavy (non-hydrogen) atoms. The zero-order chi connectivity index (χ0) is 23.3. The van der Waals surface area contributed by atoms with Crippen molar-refractivity contribution in [2.45, 2.75) is 84.1 Å². The van der Waals surface area contributed by atoms with E-state index >= 15 is 0 Å². The summed E-state index contributed by atoms with van der Waals surface area (Å²) in [5.74, 6) is 0. The molecule has 0 aliphatic carbocycles. The number of H-pyrrole nitrogens is 1. The van der Waals surface area contributed by atoms with Gasteiger partial charge in [-0.05, 0) is 51.2 Å². The fourth-order valence-electron chi connectivity index (χ4n) is 4.03. The summed E-state index contributed by atoms with van der Waals surface area (Å²) in [5.41, 5.74) is 9.89. The molecule has 2 heterocycles. The highest BCUT2D eigenvalue weighted by Gasteiger charge is 2.41. The minimum absolute atomic E-state index is 0.0325. The Kier molecular flexibility index (Phi) is 11.7. The monoisotopic (exact) mass is 446 g/mol. The van der Waals surface area contributed by atoms with E-state index in [1.807, 2.05) is 32.1 Å². The highest BCUT2D eigenvalue weighted by Crippen LogP contribution is 2.21. The van der Waals surface area contributed by atoms with Crippen LogP contribution in [-0.2, 0) is 0 Å². The minimum Gasteiger partial charge on any atom is -0.395 e. The Morgan fingerprint density at radius 2 is 1.75 bits per heavy atom. The zero-order valence-corrected chi connectivity index (χ0v) is 19.6. The summed E-state index contributed by atoms with van der Waals surface area (Å²) in [6.45, 7) is 3.98. The Morgan fingerprint density at radius 3 is 2.38 bits per heavy atom. The van der Waals surface area contributed by atoms with Gasteiger partial charge in [0, 0.05) is 42.1 Å². The number of nitrogens with one attached hydrogen (secondary N) is 1. The number of aliphatic hydroxyl groups is 1. The Bertz CT molecular complexity index is 827. The lowest BCUT2D eigenvalue weighted by Crippen LogP contribution is -2.24. The summed E-state index contributed by atoms with van der Waals surface area (Å²) < 4.78 is 28.6. The van der Waals surface area contributed by atoms with Crippen LogP contribution < -0.4 is 5.73 Å². The summed E-state index contributed by atoms with van der Waals surface area (Å²) in [7, 11) is -2.53. The van der Waals surface area contributed by atoms with Gasteiger partial charge in [0.15, 0.2) is 11.4 Å². The normalized spacial score (nSPS) is 16.1. The number of aliphatic hydroxyl groups excluding tert-OH is 1. The van der Waals surface area contributed by atoms with Crippen LogP contribution in [0.1, 0.15) is 81.2 Å². The lowest BCUT2D eigenvalue weighted by molar-refractivity contribution is -0.342. The van der Waals surface area contributed by atoms with Crippen LogP contribution in [0.3, 0.4) is 0 Å². The highest BCUT2D eigenvalue weighted by atomic mass is 19.2. The predicted molar refractivity (Wildman–Crippen MR) is 131 cm³/mol. The van der Waals surface area contributed by atoms with E-state index in [1.165, 1.54) is 25.7 Å². The molecule has 1 aliphatic heterocycles. The van der Waals surface area contributed by atoms with Gasteiger partial charge < -0.3 is 15.8 Å². The fourth-order valence-corrected chi connectivity index (χ4v) is 4.03. The van der Waals surface area contributed by atoms with Crippen molar-refractivity contribution in [1.82, 2.24) is 4.98 Å². The van der Waals surface area contributed by atoms with Crippen molar-refractivity contribution in [3.8, 4) is 0 Å². The molecule has 176 valence electrons. The number of aromatic nitrogens is 1. The van der Waals surface area contributed by atoms with E-state index in [0.717, 1.165) is 53.5 Å². The van der Waals surface area contributed by atoms with Crippen molar-refractivity contribution in [3.63, 3.8) is 0 Å². The molecule has 0 saturated carbocycles. The molecule has 0 fully saturated rings. The van der Waals surface area contributed by atoms with Crippen molar-refractivity contribution in [2.24, 2.45) is 5.73 Å². The first-order valence-electron chi connectivity index (χ1n) is 11.9. The number of hydrogen-bond acceptors (Lipinski definition) is 2. The average molecular weight is 446 g/mol. The molecule has 0 spiro atoms.